The quantitative estimate of drug-likeness (QED) is 0.685. The third-order valence-corrected chi connectivity index (χ3v) is 4.62. The number of hydrogen-bond donors (Lipinski definition) is 2. The third kappa shape index (κ3) is 4.68. The van der Waals surface area contributed by atoms with E-state index in [-0.39, 0.29) is 11.8 Å². The van der Waals surface area contributed by atoms with Crippen molar-refractivity contribution in [2.24, 2.45) is 0 Å². The summed E-state index contributed by atoms with van der Waals surface area (Å²) >= 11 is 7.38. The highest BCUT2D eigenvalue weighted by molar-refractivity contribution is 7.09. The summed E-state index contributed by atoms with van der Waals surface area (Å²) < 4.78 is 0. The summed E-state index contributed by atoms with van der Waals surface area (Å²) in [6, 6.07) is 14.3. The minimum Gasteiger partial charge on any atom is -0.346 e. The molecule has 0 unspecified atom stereocenters. The Balaban J connectivity index is 1.62. The molecule has 3 rings (SSSR count). The summed E-state index contributed by atoms with van der Waals surface area (Å²) in [6.45, 7) is 1.82. The van der Waals surface area contributed by atoms with E-state index in [0.717, 1.165) is 22.0 Å². The molecule has 0 aliphatic carbocycles. The number of carbonyl (C=O) groups is 2. The van der Waals surface area contributed by atoms with Gasteiger partial charge < -0.3 is 10.6 Å². The van der Waals surface area contributed by atoms with Crippen LogP contribution in [0.1, 0.15) is 22.3 Å². The second-order valence-corrected chi connectivity index (χ2v) is 6.96. The lowest BCUT2D eigenvalue weighted by molar-refractivity contribution is -0.114. The van der Waals surface area contributed by atoms with Gasteiger partial charge in [-0.25, -0.2) is 4.98 Å². The van der Waals surface area contributed by atoms with Gasteiger partial charge in [-0.3, -0.25) is 9.59 Å². The lowest BCUT2D eigenvalue weighted by Gasteiger charge is -2.04. The monoisotopic (exact) mass is 385 g/mol. The molecule has 0 atom stereocenters. The molecular weight excluding hydrogens is 370 g/mol. The van der Waals surface area contributed by atoms with Gasteiger partial charge in [-0.1, -0.05) is 29.8 Å². The molecule has 2 aromatic carbocycles. The van der Waals surface area contributed by atoms with Crippen molar-refractivity contribution in [2.45, 2.75) is 13.5 Å². The molecule has 2 N–H and O–H groups in total. The van der Waals surface area contributed by atoms with Crippen LogP contribution in [0.5, 0.6) is 0 Å². The van der Waals surface area contributed by atoms with Crippen LogP contribution in [-0.2, 0) is 11.3 Å². The molecule has 0 aliphatic heterocycles. The van der Waals surface area contributed by atoms with Crippen LogP contribution in [0.3, 0.4) is 0 Å². The van der Waals surface area contributed by atoms with Gasteiger partial charge in [-0.05, 0) is 30.3 Å². The van der Waals surface area contributed by atoms with E-state index >= 15 is 0 Å². The molecule has 0 saturated carbocycles. The standard InChI is InChI=1S/C19H16ClN3O2S/c1-12(24)22-16-7-5-13(6-8-16)17-11-26-18(23-17)10-21-19(25)14-3-2-4-15(20)9-14/h2-9,11H,10H2,1H3,(H,21,25)(H,22,24). The Kier molecular flexibility index (Phi) is 5.65. The zero-order chi connectivity index (χ0) is 18.5. The number of hydrogen-bond acceptors (Lipinski definition) is 4. The summed E-state index contributed by atoms with van der Waals surface area (Å²) in [6.07, 6.45) is 0. The average molecular weight is 386 g/mol. The average Bonchev–Trinajstić information content (AvgIpc) is 3.09. The Hall–Kier alpha value is -2.70. The van der Waals surface area contributed by atoms with Gasteiger partial charge >= 0.3 is 0 Å². The number of benzene rings is 2. The smallest absolute Gasteiger partial charge is 0.251 e. The van der Waals surface area contributed by atoms with Crippen LogP contribution in [0.25, 0.3) is 11.3 Å². The molecule has 7 heteroatoms. The topological polar surface area (TPSA) is 71.1 Å². The summed E-state index contributed by atoms with van der Waals surface area (Å²) in [5, 5.41) is 8.84. The first-order valence-electron chi connectivity index (χ1n) is 7.87. The minimum atomic E-state index is -0.191. The molecule has 1 heterocycles. The van der Waals surface area contributed by atoms with Crippen molar-refractivity contribution in [1.82, 2.24) is 10.3 Å². The lowest BCUT2D eigenvalue weighted by atomic mass is 10.1. The largest absolute Gasteiger partial charge is 0.346 e. The molecule has 26 heavy (non-hydrogen) atoms. The molecular formula is C19H16ClN3O2S. The van der Waals surface area contributed by atoms with Gasteiger partial charge in [0.25, 0.3) is 5.91 Å². The number of nitrogens with zero attached hydrogens (tertiary/aromatic N) is 1. The second kappa shape index (κ2) is 8.12. The van der Waals surface area contributed by atoms with Crippen molar-refractivity contribution < 1.29 is 9.59 Å². The van der Waals surface area contributed by atoms with E-state index < -0.39 is 0 Å². The fourth-order valence-electron chi connectivity index (χ4n) is 2.34. The molecule has 2 amide bonds. The number of thiazole rings is 1. The number of nitrogens with one attached hydrogen (secondary N) is 2. The predicted octanol–water partition coefficient (Wildman–Crippen LogP) is 4.35. The molecule has 0 saturated heterocycles. The minimum absolute atomic E-state index is 0.107. The summed E-state index contributed by atoms with van der Waals surface area (Å²) in [4.78, 5) is 27.7. The fourth-order valence-corrected chi connectivity index (χ4v) is 3.27. The SMILES string of the molecule is CC(=O)Nc1ccc(-c2csc(CNC(=O)c3cccc(Cl)c3)n2)cc1. The van der Waals surface area contributed by atoms with E-state index in [1.807, 2.05) is 29.6 Å². The summed E-state index contributed by atoms with van der Waals surface area (Å²) in [7, 11) is 0. The van der Waals surface area contributed by atoms with Crippen molar-refractivity contribution in [1.29, 1.82) is 0 Å². The van der Waals surface area contributed by atoms with Crippen molar-refractivity contribution in [3.63, 3.8) is 0 Å². The van der Waals surface area contributed by atoms with Gasteiger partial charge in [-0.2, -0.15) is 0 Å². The Morgan fingerprint density at radius 1 is 1.15 bits per heavy atom. The second-order valence-electron chi connectivity index (χ2n) is 5.58. The first-order chi connectivity index (χ1) is 12.5. The molecule has 0 fully saturated rings. The van der Waals surface area contributed by atoms with Crippen LogP contribution in [0.2, 0.25) is 5.02 Å². The highest BCUT2D eigenvalue weighted by Crippen LogP contribution is 2.23. The van der Waals surface area contributed by atoms with Gasteiger partial charge in [0.05, 0.1) is 12.2 Å². The van der Waals surface area contributed by atoms with Crippen molar-refractivity contribution in [3.05, 3.63) is 69.5 Å². The number of aromatic nitrogens is 1. The van der Waals surface area contributed by atoms with Crippen LogP contribution >= 0.6 is 22.9 Å². The van der Waals surface area contributed by atoms with E-state index in [4.69, 9.17) is 11.6 Å². The first-order valence-corrected chi connectivity index (χ1v) is 9.13. The molecule has 0 spiro atoms. The van der Waals surface area contributed by atoms with E-state index in [0.29, 0.717) is 17.1 Å². The molecule has 3 aromatic rings. The van der Waals surface area contributed by atoms with Gasteiger partial charge in [0.1, 0.15) is 5.01 Å². The summed E-state index contributed by atoms with van der Waals surface area (Å²) in [5.41, 5.74) is 3.03. The number of halogens is 1. The van der Waals surface area contributed by atoms with E-state index in [1.165, 1.54) is 18.3 Å². The van der Waals surface area contributed by atoms with Crippen LogP contribution in [-0.4, -0.2) is 16.8 Å². The van der Waals surface area contributed by atoms with Crippen molar-refractivity contribution >= 4 is 40.4 Å². The maximum Gasteiger partial charge on any atom is 0.251 e. The highest BCUT2D eigenvalue weighted by atomic mass is 35.5. The Morgan fingerprint density at radius 2 is 1.92 bits per heavy atom. The predicted molar refractivity (Wildman–Crippen MR) is 104 cm³/mol. The van der Waals surface area contributed by atoms with Gasteiger partial charge in [-0.15, -0.1) is 11.3 Å². The number of rotatable bonds is 5. The number of amides is 2. The van der Waals surface area contributed by atoms with Crippen molar-refractivity contribution in [2.75, 3.05) is 5.32 Å². The zero-order valence-electron chi connectivity index (χ0n) is 14.0. The van der Waals surface area contributed by atoms with Crippen LogP contribution in [0, 0.1) is 0 Å². The molecule has 1 aromatic heterocycles. The molecule has 0 aliphatic rings. The van der Waals surface area contributed by atoms with E-state index in [1.54, 1.807) is 24.3 Å². The number of carbonyl (C=O) groups excluding carboxylic acids is 2. The summed E-state index contributed by atoms with van der Waals surface area (Å²) in [5.74, 6) is -0.298. The maximum atomic E-state index is 12.1. The third-order valence-electron chi connectivity index (χ3n) is 3.54. The lowest BCUT2D eigenvalue weighted by Crippen LogP contribution is -2.22. The molecule has 0 bridgehead atoms. The maximum absolute atomic E-state index is 12.1. The molecule has 5 nitrogen and oxygen atoms in total. The van der Waals surface area contributed by atoms with Gasteiger partial charge in [0.2, 0.25) is 5.91 Å². The molecule has 132 valence electrons. The molecule has 0 radical (unpaired) electrons. The Labute approximate surface area is 160 Å². The van der Waals surface area contributed by atoms with E-state index in [9.17, 15) is 9.59 Å². The zero-order valence-corrected chi connectivity index (χ0v) is 15.5. The van der Waals surface area contributed by atoms with E-state index in [2.05, 4.69) is 15.6 Å². The highest BCUT2D eigenvalue weighted by Gasteiger charge is 2.09. The fraction of sp³-hybridized carbons (Fsp3) is 0.105. The van der Waals surface area contributed by atoms with Gasteiger partial charge in [0, 0.05) is 34.1 Å². The Morgan fingerprint density at radius 3 is 2.62 bits per heavy atom. The van der Waals surface area contributed by atoms with Gasteiger partial charge in [0.15, 0.2) is 0 Å². The first kappa shape index (κ1) is 18.1. The van der Waals surface area contributed by atoms with Crippen LogP contribution in [0.15, 0.2) is 53.9 Å². The Bertz CT molecular complexity index is 938. The van der Waals surface area contributed by atoms with Crippen LogP contribution < -0.4 is 10.6 Å². The van der Waals surface area contributed by atoms with Crippen molar-refractivity contribution in [3.8, 4) is 11.3 Å². The van der Waals surface area contributed by atoms with Crippen LogP contribution in [0.4, 0.5) is 5.69 Å². The normalized spacial score (nSPS) is 10.4. The number of anilines is 1.